The first-order valence-corrected chi connectivity index (χ1v) is 8.76. The van der Waals surface area contributed by atoms with Crippen LogP contribution in [0, 0.1) is 11.8 Å². The van der Waals surface area contributed by atoms with Gasteiger partial charge in [0.1, 0.15) is 0 Å². The van der Waals surface area contributed by atoms with E-state index in [4.69, 9.17) is 0 Å². The van der Waals surface area contributed by atoms with Crippen molar-refractivity contribution in [2.24, 2.45) is 11.8 Å². The zero-order valence-corrected chi connectivity index (χ0v) is 14.4. The van der Waals surface area contributed by atoms with E-state index in [9.17, 15) is 4.79 Å². The first-order valence-electron chi connectivity index (χ1n) is 8.76. The number of nitrogens with one attached hydrogen (secondary N) is 2. The van der Waals surface area contributed by atoms with Crippen molar-refractivity contribution in [2.45, 2.75) is 77.2 Å². The predicted molar refractivity (Wildman–Crippen MR) is 90.9 cm³/mol. The largest absolute Gasteiger partial charge is 0.353 e. The highest BCUT2D eigenvalue weighted by Gasteiger charge is 2.23. The second-order valence-corrected chi connectivity index (χ2v) is 6.90. The van der Waals surface area contributed by atoms with Crippen molar-refractivity contribution >= 4 is 18.3 Å². The molecule has 2 rings (SSSR count). The van der Waals surface area contributed by atoms with Crippen LogP contribution in [0.4, 0.5) is 0 Å². The molecular formula is C17H33ClN2O. The van der Waals surface area contributed by atoms with Crippen molar-refractivity contribution in [3.63, 3.8) is 0 Å². The number of hydrogen-bond donors (Lipinski definition) is 2. The van der Waals surface area contributed by atoms with Gasteiger partial charge in [-0.2, -0.15) is 0 Å². The van der Waals surface area contributed by atoms with E-state index in [1.54, 1.807) is 0 Å². The van der Waals surface area contributed by atoms with Gasteiger partial charge >= 0.3 is 0 Å². The molecule has 1 heterocycles. The van der Waals surface area contributed by atoms with Crippen molar-refractivity contribution < 1.29 is 4.79 Å². The minimum Gasteiger partial charge on any atom is -0.353 e. The summed E-state index contributed by atoms with van der Waals surface area (Å²) in [6.07, 6.45) is 12.3. The summed E-state index contributed by atoms with van der Waals surface area (Å²) < 4.78 is 0. The number of halogens is 1. The summed E-state index contributed by atoms with van der Waals surface area (Å²) in [5, 5.41) is 6.75. The van der Waals surface area contributed by atoms with E-state index in [0.717, 1.165) is 13.1 Å². The molecule has 2 fully saturated rings. The van der Waals surface area contributed by atoms with Gasteiger partial charge in [-0.25, -0.2) is 0 Å². The molecule has 0 aromatic carbocycles. The minimum absolute atomic E-state index is 0. The van der Waals surface area contributed by atoms with E-state index in [0.29, 0.717) is 24.3 Å². The van der Waals surface area contributed by atoms with Crippen LogP contribution in [0.5, 0.6) is 0 Å². The lowest BCUT2D eigenvalue weighted by Crippen LogP contribution is -2.39. The van der Waals surface area contributed by atoms with Crippen molar-refractivity contribution in [1.29, 1.82) is 0 Å². The first-order chi connectivity index (χ1) is 9.75. The second kappa shape index (κ2) is 10.4. The van der Waals surface area contributed by atoms with Crippen molar-refractivity contribution in [2.75, 3.05) is 13.1 Å². The van der Waals surface area contributed by atoms with Crippen LogP contribution >= 0.6 is 12.4 Å². The first kappa shape index (κ1) is 18.8. The molecule has 4 heteroatoms. The van der Waals surface area contributed by atoms with Crippen LogP contribution in [-0.4, -0.2) is 25.0 Å². The Hall–Kier alpha value is -0.280. The topological polar surface area (TPSA) is 41.1 Å². The summed E-state index contributed by atoms with van der Waals surface area (Å²) in [5.41, 5.74) is 0. The van der Waals surface area contributed by atoms with Crippen molar-refractivity contribution in [3.8, 4) is 0 Å². The van der Waals surface area contributed by atoms with Gasteiger partial charge < -0.3 is 10.6 Å². The summed E-state index contributed by atoms with van der Waals surface area (Å²) in [7, 11) is 0. The van der Waals surface area contributed by atoms with Crippen molar-refractivity contribution in [1.82, 2.24) is 10.6 Å². The van der Waals surface area contributed by atoms with E-state index < -0.39 is 0 Å². The molecule has 1 aliphatic carbocycles. The molecule has 1 saturated carbocycles. The van der Waals surface area contributed by atoms with Crippen LogP contribution in [0.2, 0.25) is 0 Å². The molecule has 0 bridgehead atoms. The molecule has 1 amide bonds. The van der Waals surface area contributed by atoms with Gasteiger partial charge in [-0.05, 0) is 50.6 Å². The highest BCUT2D eigenvalue weighted by molar-refractivity contribution is 5.85. The summed E-state index contributed by atoms with van der Waals surface area (Å²) >= 11 is 0. The number of piperidine rings is 1. The number of amides is 1. The monoisotopic (exact) mass is 316 g/mol. The van der Waals surface area contributed by atoms with Crippen molar-refractivity contribution in [3.05, 3.63) is 0 Å². The maximum atomic E-state index is 12.2. The second-order valence-electron chi connectivity index (χ2n) is 6.90. The van der Waals surface area contributed by atoms with Crippen LogP contribution in [0.25, 0.3) is 0 Å². The molecule has 2 N–H and O–H groups in total. The molecule has 124 valence electrons. The van der Waals surface area contributed by atoms with Crippen LogP contribution in [-0.2, 0) is 4.79 Å². The van der Waals surface area contributed by atoms with Crippen LogP contribution in [0.3, 0.4) is 0 Å². The smallest absolute Gasteiger partial charge is 0.220 e. The Bertz CT molecular complexity index is 279. The molecule has 2 atom stereocenters. The fourth-order valence-electron chi connectivity index (χ4n) is 3.71. The Labute approximate surface area is 136 Å². The average Bonchev–Trinajstić information content (AvgIpc) is 2.42. The summed E-state index contributed by atoms with van der Waals surface area (Å²) in [5.74, 6) is 1.48. The molecule has 0 aromatic heterocycles. The highest BCUT2D eigenvalue weighted by Crippen LogP contribution is 2.23. The normalized spacial score (nSPS) is 26.0. The number of rotatable bonds is 4. The number of hydrogen-bond acceptors (Lipinski definition) is 2. The zero-order valence-electron chi connectivity index (χ0n) is 13.5. The lowest BCUT2D eigenvalue weighted by Gasteiger charge is -2.29. The molecule has 0 aromatic rings. The average molecular weight is 317 g/mol. The third-order valence-corrected chi connectivity index (χ3v) is 5.12. The Balaban J connectivity index is 0.00000220. The molecule has 2 aliphatic rings. The molecule has 21 heavy (non-hydrogen) atoms. The SMILES string of the molecule is CC(CC(=O)NC1CCCCCCC1)C1CCCNC1.Cl. The minimum atomic E-state index is 0. The molecule has 2 unspecified atom stereocenters. The summed E-state index contributed by atoms with van der Waals surface area (Å²) in [6, 6.07) is 0.444. The maximum Gasteiger partial charge on any atom is 0.220 e. The third-order valence-electron chi connectivity index (χ3n) is 5.12. The van der Waals surface area contributed by atoms with Gasteiger partial charge in [-0.15, -0.1) is 12.4 Å². The summed E-state index contributed by atoms with van der Waals surface area (Å²) in [4.78, 5) is 12.2. The van der Waals surface area contributed by atoms with Crippen LogP contribution in [0.15, 0.2) is 0 Å². The molecular weight excluding hydrogens is 284 g/mol. The van der Waals surface area contributed by atoms with Gasteiger partial charge in [-0.3, -0.25) is 4.79 Å². The maximum absolute atomic E-state index is 12.2. The molecule has 0 radical (unpaired) electrons. The number of carbonyl (C=O) groups is 1. The third kappa shape index (κ3) is 7.01. The lowest BCUT2D eigenvalue weighted by atomic mass is 9.85. The van der Waals surface area contributed by atoms with Gasteiger partial charge in [0.05, 0.1) is 0 Å². The molecule has 0 spiro atoms. The molecule has 1 saturated heterocycles. The van der Waals surface area contributed by atoms with E-state index in [-0.39, 0.29) is 18.3 Å². The Morgan fingerprint density at radius 2 is 1.76 bits per heavy atom. The van der Waals surface area contributed by atoms with E-state index in [1.165, 1.54) is 57.8 Å². The van der Waals surface area contributed by atoms with Gasteiger partial charge in [0.25, 0.3) is 0 Å². The van der Waals surface area contributed by atoms with Gasteiger partial charge in [0.15, 0.2) is 0 Å². The van der Waals surface area contributed by atoms with Crippen LogP contribution < -0.4 is 10.6 Å². The zero-order chi connectivity index (χ0) is 14.2. The Kier molecular flexibility index (Phi) is 9.34. The Morgan fingerprint density at radius 1 is 1.10 bits per heavy atom. The predicted octanol–water partition coefficient (Wildman–Crippen LogP) is 3.66. The number of carbonyl (C=O) groups excluding carboxylic acids is 1. The van der Waals surface area contributed by atoms with Gasteiger partial charge in [0.2, 0.25) is 5.91 Å². The quantitative estimate of drug-likeness (QED) is 0.831. The van der Waals surface area contributed by atoms with Gasteiger partial charge in [0, 0.05) is 12.5 Å². The fourth-order valence-corrected chi connectivity index (χ4v) is 3.71. The standard InChI is InChI=1S/C17H32N2O.ClH/c1-14(15-8-7-11-18-13-15)12-17(20)19-16-9-5-3-2-4-6-10-16;/h14-16,18H,2-13H2,1H3,(H,19,20);1H. The molecule has 3 nitrogen and oxygen atoms in total. The molecule has 1 aliphatic heterocycles. The Morgan fingerprint density at radius 3 is 2.38 bits per heavy atom. The van der Waals surface area contributed by atoms with E-state index in [1.807, 2.05) is 0 Å². The van der Waals surface area contributed by atoms with E-state index >= 15 is 0 Å². The lowest BCUT2D eigenvalue weighted by molar-refractivity contribution is -0.123. The summed E-state index contributed by atoms with van der Waals surface area (Å²) in [6.45, 7) is 4.49. The van der Waals surface area contributed by atoms with E-state index in [2.05, 4.69) is 17.6 Å². The highest BCUT2D eigenvalue weighted by atomic mass is 35.5. The van der Waals surface area contributed by atoms with Gasteiger partial charge in [-0.1, -0.05) is 39.0 Å². The fraction of sp³-hybridized carbons (Fsp3) is 0.941. The van der Waals surface area contributed by atoms with Crippen LogP contribution in [0.1, 0.15) is 71.1 Å².